The monoisotopic (exact) mass is 223 g/mol. The van der Waals surface area contributed by atoms with Gasteiger partial charge >= 0.3 is 5.97 Å². The van der Waals surface area contributed by atoms with Crippen molar-refractivity contribution >= 4 is 11.9 Å². The Kier molecular flexibility index (Phi) is 4.32. The van der Waals surface area contributed by atoms with E-state index in [1.165, 1.54) is 11.2 Å². The molecule has 0 aliphatic heterocycles. The van der Waals surface area contributed by atoms with Crippen molar-refractivity contribution in [3.8, 4) is 0 Å². The number of furan rings is 1. The number of hydrogen-bond acceptors (Lipinski definition) is 3. The number of carbonyl (C=O) groups is 2. The number of carboxylic acid groups (broad SMARTS) is 1. The van der Waals surface area contributed by atoms with Crippen LogP contribution in [0.1, 0.15) is 12.7 Å². The summed E-state index contributed by atoms with van der Waals surface area (Å²) in [6.45, 7) is 2.64. The average molecular weight is 223 g/mol. The van der Waals surface area contributed by atoms with Gasteiger partial charge < -0.3 is 14.4 Å². The molecule has 1 amide bonds. The molecule has 1 rings (SSSR count). The van der Waals surface area contributed by atoms with E-state index in [0.717, 1.165) is 12.2 Å². The third-order valence-corrected chi connectivity index (χ3v) is 1.99. The lowest BCUT2D eigenvalue weighted by molar-refractivity contribution is -0.132. The Balaban J connectivity index is 2.60. The Morgan fingerprint density at radius 2 is 2.25 bits per heavy atom. The topological polar surface area (TPSA) is 70.8 Å². The highest BCUT2D eigenvalue weighted by Crippen LogP contribution is 2.05. The van der Waals surface area contributed by atoms with Gasteiger partial charge in [-0.05, 0) is 19.1 Å². The van der Waals surface area contributed by atoms with Crippen molar-refractivity contribution in [1.82, 2.24) is 4.90 Å². The molecule has 1 aromatic rings. The molecule has 0 aliphatic rings. The van der Waals surface area contributed by atoms with E-state index in [4.69, 9.17) is 9.52 Å². The second-order valence-electron chi connectivity index (χ2n) is 3.10. The summed E-state index contributed by atoms with van der Waals surface area (Å²) in [5, 5.41) is 8.40. The number of amides is 1. The van der Waals surface area contributed by atoms with E-state index in [2.05, 4.69) is 0 Å². The van der Waals surface area contributed by atoms with Crippen LogP contribution >= 0.6 is 0 Å². The number of carbonyl (C=O) groups excluding carboxylic acids is 1. The molecule has 0 saturated carbocycles. The zero-order valence-electron chi connectivity index (χ0n) is 8.92. The molecule has 0 atom stereocenters. The molecule has 16 heavy (non-hydrogen) atoms. The second-order valence-corrected chi connectivity index (χ2v) is 3.10. The molecule has 5 nitrogen and oxygen atoms in total. The zero-order valence-corrected chi connectivity index (χ0v) is 8.92. The first kappa shape index (κ1) is 12.0. The summed E-state index contributed by atoms with van der Waals surface area (Å²) in [6.07, 6.45) is 3.39. The largest absolute Gasteiger partial charge is 0.478 e. The number of nitrogens with zero attached hydrogens (tertiary/aromatic N) is 1. The van der Waals surface area contributed by atoms with Crippen LogP contribution in [-0.4, -0.2) is 28.4 Å². The van der Waals surface area contributed by atoms with Gasteiger partial charge in [0.15, 0.2) is 0 Å². The van der Waals surface area contributed by atoms with Crippen molar-refractivity contribution in [2.24, 2.45) is 0 Å². The highest BCUT2D eigenvalue weighted by Gasteiger charge is 2.10. The lowest BCUT2D eigenvalue weighted by Gasteiger charge is -2.17. The summed E-state index contributed by atoms with van der Waals surface area (Å²) in [4.78, 5) is 23.3. The Morgan fingerprint density at radius 1 is 1.50 bits per heavy atom. The molecule has 0 spiro atoms. The van der Waals surface area contributed by atoms with Crippen LogP contribution in [0.25, 0.3) is 0 Å². The molecule has 0 aromatic carbocycles. The molecule has 0 saturated heterocycles. The zero-order chi connectivity index (χ0) is 12.0. The minimum Gasteiger partial charge on any atom is -0.478 e. The van der Waals surface area contributed by atoms with Crippen molar-refractivity contribution in [2.45, 2.75) is 13.5 Å². The Labute approximate surface area is 93.0 Å². The summed E-state index contributed by atoms with van der Waals surface area (Å²) >= 11 is 0. The maximum absolute atomic E-state index is 11.5. The van der Waals surface area contributed by atoms with Gasteiger partial charge in [0.05, 0.1) is 12.8 Å². The van der Waals surface area contributed by atoms with Crippen LogP contribution in [0.2, 0.25) is 0 Å². The number of hydrogen-bond donors (Lipinski definition) is 1. The highest BCUT2D eigenvalue weighted by molar-refractivity contribution is 5.93. The van der Waals surface area contributed by atoms with Crippen LogP contribution in [-0.2, 0) is 16.1 Å². The van der Waals surface area contributed by atoms with E-state index in [0.29, 0.717) is 18.8 Å². The smallest absolute Gasteiger partial charge is 0.328 e. The minimum atomic E-state index is -1.14. The number of likely N-dealkylation sites (N-methyl/N-ethyl adjacent to an activating group) is 1. The molecule has 1 aromatic heterocycles. The van der Waals surface area contributed by atoms with Crippen LogP contribution in [0.15, 0.2) is 35.0 Å². The normalized spacial score (nSPS) is 10.6. The first-order valence-electron chi connectivity index (χ1n) is 4.85. The van der Waals surface area contributed by atoms with E-state index in [1.54, 1.807) is 12.1 Å². The third-order valence-electron chi connectivity index (χ3n) is 1.99. The van der Waals surface area contributed by atoms with E-state index in [9.17, 15) is 9.59 Å². The molecule has 0 fully saturated rings. The molecule has 0 bridgehead atoms. The van der Waals surface area contributed by atoms with Gasteiger partial charge in [0.25, 0.3) is 0 Å². The molecule has 0 unspecified atom stereocenters. The van der Waals surface area contributed by atoms with Gasteiger partial charge in [-0.25, -0.2) is 4.79 Å². The van der Waals surface area contributed by atoms with Crippen molar-refractivity contribution < 1.29 is 19.1 Å². The van der Waals surface area contributed by atoms with Crippen LogP contribution in [0.4, 0.5) is 0 Å². The maximum Gasteiger partial charge on any atom is 0.328 e. The van der Waals surface area contributed by atoms with Crippen molar-refractivity contribution in [1.29, 1.82) is 0 Å². The van der Waals surface area contributed by atoms with Gasteiger partial charge in [-0.3, -0.25) is 4.79 Å². The summed E-state index contributed by atoms with van der Waals surface area (Å²) in [5.41, 5.74) is 0. The molecule has 5 heteroatoms. The fourth-order valence-corrected chi connectivity index (χ4v) is 1.18. The fraction of sp³-hybridized carbons (Fsp3) is 0.273. The highest BCUT2D eigenvalue weighted by atomic mass is 16.4. The quantitative estimate of drug-likeness (QED) is 0.763. The average Bonchev–Trinajstić information content (AvgIpc) is 2.75. The summed E-state index contributed by atoms with van der Waals surface area (Å²) in [6, 6.07) is 3.50. The summed E-state index contributed by atoms with van der Waals surface area (Å²) in [7, 11) is 0. The molecular formula is C11H13NO4. The van der Waals surface area contributed by atoms with Gasteiger partial charge in [0.2, 0.25) is 5.91 Å². The first-order chi connectivity index (χ1) is 7.63. The van der Waals surface area contributed by atoms with Crippen LogP contribution in [0, 0.1) is 0 Å². The number of aliphatic carboxylic acids is 1. The fourth-order valence-electron chi connectivity index (χ4n) is 1.18. The molecule has 86 valence electrons. The minimum absolute atomic E-state index is 0.340. The van der Waals surface area contributed by atoms with E-state index >= 15 is 0 Å². The molecule has 1 heterocycles. The van der Waals surface area contributed by atoms with E-state index in [1.807, 2.05) is 6.92 Å². The summed E-state index contributed by atoms with van der Waals surface area (Å²) in [5.74, 6) is -0.817. The third kappa shape index (κ3) is 3.61. The standard InChI is InChI=1S/C11H13NO4/c1-2-12(8-9-4-3-7-16-9)10(13)5-6-11(14)15/h3-7H,2,8H2,1H3,(H,14,15)/b6-5+. The van der Waals surface area contributed by atoms with Gasteiger partial charge in [-0.1, -0.05) is 0 Å². The lowest BCUT2D eigenvalue weighted by atomic mass is 10.3. The lowest BCUT2D eigenvalue weighted by Crippen LogP contribution is -2.28. The van der Waals surface area contributed by atoms with Crippen LogP contribution in [0.3, 0.4) is 0 Å². The molecular weight excluding hydrogens is 210 g/mol. The van der Waals surface area contributed by atoms with E-state index < -0.39 is 5.97 Å². The number of rotatable bonds is 5. The van der Waals surface area contributed by atoms with Gasteiger partial charge in [-0.2, -0.15) is 0 Å². The second kappa shape index (κ2) is 5.75. The van der Waals surface area contributed by atoms with Crippen LogP contribution < -0.4 is 0 Å². The Hall–Kier alpha value is -2.04. The predicted octanol–water partition coefficient (Wildman–Crippen LogP) is 1.27. The Bertz CT molecular complexity index is 381. The molecule has 0 radical (unpaired) electrons. The van der Waals surface area contributed by atoms with Crippen LogP contribution in [0.5, 0.6) is 0 Å². The Morgan fingerprint density at radius 3 is 2.75 bits per heavy atom. The van der Waals surface area contributed by atoms with E-state index in [-0.39, 0.29) is 5.91 Å². The SMILES string of the molecule is CCN(Cc1ccco1)C(=O)/C=C/C(=O)O. The van der Waals surface area contributed by atoms with Gasteiger partial charge in [0, 0.05) is 18.7 Å². The van der Waals surface area contributed by atoms with Gasteiger partial charge in [-0.15, -0.1) is 0 Å². The first-order valence-corrected chi connectivity index (χ1v) is 4.85. The molecule has 0 aliphatic carbocycles. The number of carboxylic acids is 1. The van der Waals surface area contributed by atoms with Gasteiger partial charge in [0.1, 0.15) is 5.76 Å². The van der Waals surface area contributed by atoms with Crippen molar-refractivity contribution in [3.05, 3.63) is 36.3 Å². The van der Waals surface area contributed by atoms with Crippen molar-refractivity contribution in [3.63, 3.8) is 0 Å². The van der Waals surface area contributed by atoms with Crippen molar-refractivity contribution in [2.75, 3.05) is 6.54 Å². The maximum atomic E-state index is 11.5. The predicted molar refractivity (Wildman–Crippen MR) is 56.6 cm³/mol. The summed E-state index contributed by atoms with van der Waals surface area (Å²) < 4.78 is 5.11. The molecule has 1 N–H and O–H groups in total.